The van der Waals surface area contributed by atoms with Crippen LogP contribution in [0.4, 0.5) is 0 Å². The van der Waals surface area contributed by atoms with Crippen LogP contribution in [0.1, 0.15) is 69.3 Å². The maximum absolute atomic E-state index is 4.78. The van der Waals surface area contributed by atoms with Crippen LogP contribution in [0.2, 0.25) is 0 Å². The fourth-order valence-corrected chi connectivity index (χ4v) is 3.43. The van der Waals surface area contributed by atoms with E-state index in [0.717, 1.165) is 54.6 Å². The average Bonchev–Trinajstić information content (AvgIpc) is 2.71. The molecule has 2 fully saturated rings. The van der Waals surface area contributed by atoms with Gasteiger partial charge in [0.15, 0.2) is 0 Å². The molecule has 31 heavy (non-hydrogen) atoms. The van der Waals surface area contributed by atoms with Crippen LogP contribution in [-0.2, 0) is 18.6 Å². The Morgan fingerprint density at radius 2 is 1.10 bits per heavy atom. The second-order valence-corrected chi connectivity index (χ2v) is 7.60. The molecule has 0 unspecified atom stereocenters. The van der Waals surface area contributed by atoms with Gasteiger partial charge in [-0.15, -0.1) is 0 Å². The van der Waals surface area contributed by atoms with Gasteiger partial charge in [0.2, 0.25) is 0 Å². The summed E-state index contributed by atoms with van der Waals surface area (Å²) in [5.41, 5.74) is 11.1. The molecule has 3 heterocycles. The molecule has 0 bridgehead atoms. The number of piperidine rings is 2. The summed E-state index contributed by atoms with van der Waals surface area (Å²) in [4.78, 5) is 4.78. The molecule has 0 aromatic carbocycles. The molecule has 0 spiro atoms. The first-order chi connectivity index (χ1) is 13.1. The second kappa shape index (κ2) is 17.0. The molecule has 2 saturated heterocycles. The Labute approximate surface area is 217 Å². The zero-order valence-corrected chi connectivity index (χ0v) is 22.2. The number of hydrogen-bond donors (Lipinski definition) is 2. The van der Waals surface area contributed by atoms with Crippen LogP contribution in [0.25, 0.3) is 0 Å². The van der Waals surface area contributed by atoms with E-state index in [1.54, 1.807) is 0 Å². The van der Waals surface area contributed by atoms with Crippen molar-refractivity contribution in [2.45, 2.75) is 59.3 Å². The number of hydrazine groups is 2. The molecule has 0 aliphatic carbocycles. The van der Waals surface area contributed by atoms with E-state index in [-0.39, 0.29) is 55.8 Å². The Morgan fingerprint density at radius 1 is 0.742 bits per heavy atom. The van der Waals surface area contributed by atoms with E-state index in [2.05, 4.69) is 50.3 Å². The molecule has 0 atom stereocenters. The van der Waals surface area contributed by atoms with Gasteiger partial charge in [-0.25, -0.2) is 26.1 Å². The summed E-state index contributed by atoms with van der Waals surface area (Å²) in [5.74, 6) is 0. The Balaban J connectivity index is 0. The van der Waals surface area contributed by atoms with E-state index in [0.29, 0.717) is 0 Å². The summed E-state index contributed by atoms with van der Waals surface area (Å²) >= 11 is 0. The number of hydrazone groups is 2. The fraction of sp³-hybridized carbons (Fsp3) is 0.650. The van der Waals surface area contributed by atoms with E-state index >= 15 is 0 Å². The van der Waals surface area contributed by atoms with Crippen molar-refractivity contribution in [1.82, 2.24) is 26.1 Å². The molecular formula is C20H33Cl3N7V-3. The number of pyridine rings is 1. The zero-order chi connectivity index (χ0) is 19.1. The van der Waals surface area contributed by atoms with Gasteiger partial charge >= 0.3 is 0 Å². The molecule has 0 saturated carbocycles. The monoisotopic (exact) mass is 527 g/mol. The number of rotatable bonds is 6. The minimum atomic E-state index is 0. The molecule has 7 nitrogen and oxygen atoms in total. The summed E-state index contributed by atoms with van der Waals surface area (Å²) in [6.45, 7) is 10.3. The van der Waals surface area contributed by atoms with Crippen molar-refractivity contribution in [3.63, 3.8) is 0 Å². The third-order valence-corrected chi connectivity index (χ3v) is 5.14. The molecule has 1 aromatic heterocycles. The predicted molar refractivity (Wildman–Crippen MR) is 111 cm³/mol. The van der Waals surface area contributed by atoms with Crippen LogP contribution in [-0.4, -0.2) is 52.6 Å². The smallest absolute Gasteiger partial charge is 0.0870 e. The van der Waals surface area contributed by atoms with Gasteiger partial charge in [0.25, 0.3) is 0 Å². The Morgan fingerprint density at radius 3 is 1.45 bits per heavy atom. The van der Waals surface area contributed by atoms with Crippen molar-refractivity contribution in [2.24, 2.45) is 10.2 Å². The van der Waals surface area contributed by atoms with Gasteiger partial charge in [0, 0.05) is 44.7 Å². The van der Waals surface area contributed by atoms with Gasteiger partial charge in [-0.1, -0.05) is 12.8 Å². The molecule has 1 aromatic rings. The summed E-state index contributed by atoms with van der Waals surface area (Å²) < 4.78 is 0. The van der Waals surface area contributed by atoms with Crippen molar-refractivity contribution in [3.8, 4) is 0 Å². The average molecular weight is 529 g/mol. The standard InChI is InChI=1S/C20H33N7.3ClH.V/c1-16-14-19(17(2)22-24-26-10-6-4-7-11-26)21-20(15-16)18(3)23-25-27-12-8-5-9-13-27;;;;/h14-15,24-25H,4-13H2,1-3H3;3*1H;/p-3. The van der Waals surface area contributed by atoms with E-state index in [1.165, 1.54) is 38.5 Å². The molecular weight excluding hydrogens is 496 g/mol. The van der Waals surface area contributed by atoms with Gasteiger partial charge in [0.05, 0.1) is 22.8 Å². The van der Waals surface area contributed by atoms with Gasteiger partial charge in [-0.05, 0) is 64.2 Å². The van der Waals surface area contributed by atoms with E-state index < -0.39 is 0 Å². The normalized spacial score (nSPS) is 17.9. The van der Waals surface area contributed by atoms with Crippen molar-refractivity contribution in [3.05, 3.63) is 29.1 Å². The number of hydrogen-bond acceptors (Lipinski definition) is 7. The molecule has 2 N–H and O–H groups in total. The Kier molecular flexibility index (Phi) is 17.9. The van der Waals surface area contributed by atoms with Crippen LogP contribution in [0.5, 0.6) is 0 Å². The van der Waals surface area contributed by atoms with E-state index in [4.69, 9.17) is 4.98 Å². The largest absolute Gasteiger partial charge is 1.00 e. The summed E-state index contributed by atoms with van der Waals surface area (Å²) in [7, 11) is 0. The number of nitrogens with one attached hydrogen (secondary N) is 2. The van der Waals surface area contributed by atoms with Crippen LogP contribution in [0.15, 0.2) is 22.3 Å². The van der Waals surface area contributed by atoms with E-state index in [1.807, 2.05) is 13.8 Å². The van der Waals surface area contributed by atoms with Gasteiger partial charge < -0.3 is 37.2 Å². The fourth-order valence-electron chi connectivity index (χ4n) is 3.43. The minimum Gasteiger partial charge on any atom is -1.00 e. The van der Waals surface area contributed by atoms with Crippen molar-refractivity contribution < 1.29 is 55.8 Å². The topological polar surface area (TPSA) is 68.2 Å². The van der Waals surface area contributed by atoms with Crippen LogP contribution in [0, 0.1) is 6.92 Å². The number of aromatic nitrogens is 1. The zero-order valence-electron chi connectivity index (χ0n) is 18.5. The van der Waals surface area contributed by atoms with E-state index in [9.17, 15) is 0 Å². The molecule has 3 rings (SSSR count). The first-order valence-electron chi connectivity index (χ1n) is 10.2. The van der Waals surface area contributed by atoms with Crippen LogP contribution < -0.4 is 48.3 Å². The van der Waals surface area contributed by atoms with Crippen molar-refractivity contribution >= 4 is 11.4 Å². The number of aryl methyl sites for hydroxylation is 1. The first-order valence-corrected chi connectivity index (χ1v) is 10.2. The molecule has 0 amide bonds. The minimum absolute atomic E-state index is 0. The predicted octanol–water partition coefficient (Wildman–Crippen LogP) is -6.17. The molecule has 2 aliphatic rings. The first kappa shape index (κ1) is 32.6. The SMILES string of the molecule is CC(=NNN1CCCCC1)c1cc(C)cc(C(C)=NNN2CCCCC2)n1.[Cl-].[Cl-].[Cl-].[V]. The second-order valence-electron chi connectivity index (χ2n) is 7.60. The summed E-state index contributed by atoms with van der Waals surface area (Å²) in [6, 6.07) is 4.15. The maximum Gasteiger partial charge on any atom is 0.0870 e. The third kappa shape index (κ3) is 10.8. The third-order valence-electron chi connectivity index (χ3n) is 5.14. The van der Waals surface area contributed by atoms with Gasteiger partial charge in [0.1, 0.15) is 0 Å². The van der Waals surface area contributed by atoms with Gasteiger partial charge in [-0.2, -0.15) is 10.2 Å². The van der Waals surface area contributed by atoms with Crippen LogP contribution >= 0.6 is 0 Å². The number of halogens is 3. The van der Waals surface area contributed by atoms with Crippen molar-refractivity contribution in [2.75, 3.05) is 26.2 Å². The van der Waals surface area contributed by atoms with Gasteiger partial charge in [-0.3, -0.25) is 0 Å². The van der Waals surface area contributed by atoms with Crippen molar-refractivity contribution in [1.29, 1.82) is 0 Å². The number of nitrogens with zero attached hydrogens (tertiary/aromatic N) is 5. The Hall–Kier alpha value is -0.536. The summed E-state index contributed by atoms with van der Waals surface area (Å²) in [5, 5.41) is 13.4. The summed E-state index contributed by atoms with van der Waals surface area (Å²) in [6.07, 6.45) is 7.55. The maximum atomic E-state index is 4.78. The molecule has 1 radical (unpaired) electrons. The molecule has 177 valence electrons. The molecule has 2 aliphatic heterocycles. The quantitative estimate of drug-likeness (QED) is 0.284. The van der Waals surface area contributed by atoms with Crippen LogP contribution in [0.3, 0.4) is 0 Å². The Bertz CT molecular complexity index is 637. The molecule has 11 heteroatoms.